The maximum atomic E-state index is 13.4. The van der Waals surface area contributed by atoms with Gasteiger partial charge in [-0.25, -0.2) is 14.4 Å². The summed E-state index contributed by atoms with van der Waals surface area (Å²) < 4.78 is 0. The van der Waals surface area contributed by atoms with Crippen molar-refractivity contribution >= 4 is 46.5 Å². The average Bonchev–Trinajstić information content (AvgIpc) is 3.08. The highest BCUT2D eigenvalue weighted by Gasteiger charge is 2.26. The van der Waals surface area contributed by atoms with Gasteiger partial charge in [0.1, 0.15) is 18.1 Å². The first-order chi connectivity index (χ1) is 23.5. The molecule has 4 rings (SSSR count). The SMILES string of the molecule is O=C(O)CC[C@H](NC(=O)N[C@@H](CCCCNC(=O)[C@H](Cc1ccc2ccccc2c1)NC(=O)c1ccc2c(c1)CCNC2)C(=O)O)C(=O)O. The number of carboxylic acids is 3. The molecular formula is C35H41N5O9. The van der Waals surface area contributed by atoms with Crippen LogP contribution in [0.5, 0.6) is 0 Å². The summed E-state index contributed by atoms with van der Waals surface area (Å²) in [7, 11) is 0. The van der Waals surface area contributed by atoms with Crippen molar-refractivity contribution in [3.05, 3.63) is 82.9 Å². The zero-order valence-corrected chi connectivity index (χ0v) is 26.9. The molecule has 3 atom stereocenters. The predicted octanol–water partition coefficient (Wildman–Crippen LogP) is 2.18. The maximum absolute atomic E-state index is 13.4. The Balaban J connectivity index is 1.34. The van der Waals surface area contributed by atoms with Crippen LogP contribution >= 0.6 is 0 Å². The van der Waals surface area contributed by atoms with E-state index in [0.29, 0.717) is 12.0 Å². The Kier molecular flexibility index (Phi) is 13.0. The van der Waals surface area contributed by atoms with E-state index in [1.54, 1.807) is 6.07 Å². The van der Waals surface area contributed by atoms with Crippen molar-refractivity contribution in [2.24, 2.45) is 0 Å². The van der Waals surface area contributed by atoms with Crippen LogP contribution in [0.25, 0.3) is 10.8 Å². The van der Waals surface area contributed by atoms with Gasteiger partial charge < -0.3 is 41.9 Å². The van der Waals surface area contributed by atoms with Crippen LogP contribution in [-0.2, 0) is 38.6 Å². The number of hydrogen-bond acceptors (Lipinski definition) is 7. The van der Waals surface area contributed by atoms with Crippen LogP contribution in [0.3, 0.4) is 0 Å². The molecule has 14 heteroatoms. The van der Waals surface area contributed by atoms with Crippen LogP contribution < -0.4 is 26.6 Å². The number of carboxylic acid groups (broad SMARTS) is 3. The van der Waals surface area contributed by atoms with Gasteiger partial charge in [-0.05, 0) is 78.2 Å². The molecule has 0 unspecified atom stereocenters. The smallest absolute Gasteiger partial charge is 0.326 e. The van der Waals surface area contributed by atoms with E-state index in [1.165, 1.54) is 0 Å². The van der Waals surface area contributed by atoms with E-state index >= 15 is 0 Å². The summed E-state index contributed by atoms with van der Waals surface area (Å²) in [5.74, 6) is -4.80. The zero-order chi connectivity index (χ0) is 35.3. The van der Waals surface area contributed by atoms with Gasteiger partial charge in [0.25, 0.3) is 5.91 Å². The number of fused-ring (bicyclic) bond motifs is 2. The van der Waals surface area contributed by atoms with Crippen LogP contribution in [0.4, 0.5) is 4.79 Å². The highest BCUT2D eigenvalue weighted by molar-refractivity contribution is 5.98. The summed E-state index contributed by atoms with van der Waals surface area (Å²) in [6, 6.07) is 14.4. The Morgan fingerprint density at radius 2 is 1.45 bits per heavy atom. The molecule has 0 spiro atoms. The molecule has 0 bridgehead atoms. The van der Waals surface area contributed by atoms with E-state index in [4.69, 9.17) is 5.11 Å². The molecule has 1 heterocycles. The largest absolute Gasteiger partial charge is 0.481 e. The number of aliphatic carboxylic acids is 3. The van der Waals surface area contributed by atoms with Crippen molar-refractivity contribution in [2.45, 2.75) is 69.6 Å². The number of unbranched alkanes of at least 4 members (excludes halogenated alkanes) is 1. The minimum absolute atomic E-state index is 0.0173. The van der Waals surface area contributed by atoms with Gasteiger partial charge in [-0.15, -0.1) is 0 Å². The molecule has 0 radical (unpaired) electrons. The lowest BCUT2D eigenvalue weighted by molar-refractivity contribution is -0.140. The third kappa shape index (κ3) is 11.0. The van der Waals surface area contributed by atoms with E-state index in [2.05, 4.69) is 26.6 Å². The van der Waals surface area contributed by atoms with E-state index < -0.39 is 54.4 Å². The Morgan fingerprint density at radius 3 is 2.16 bits per heavy atom. The molecule has 0 fully saturated rings. The molecule has 3 aromatic carbocycles. The second kappa shape index (κ2) is 17.6. The number of rotatable bonds is 17. The summed E-state index contributed by atoms with van der Waals surface area (Å²) >= 11 is 0. The molecule has 4 amide bonds. The third-order valence-corrected chi connectivity index (χ3v) is 8.30. The van der Waals surface area contributed by atoms with Crippen molar-refractivity contribution in [1.82, 2.24) is 26.6 Å². The fourth-order valence-corrected chi connectivity index (χ4v) is 5.62. The fourth-order valence-electron chi connectivity index (χ4n) is 5.62. The number of urea groups is 1. The van der Waals surface area contributed by atoms with Gasteiger partial charge in [0.05, 0.1) is 0 Å². The minimum Gasteiger partial charge on any atom is -0.481 e. The van der Waals surface area contributed by atoms with Gasteiger partial charge in [-0.3, -0.25) is 14.4 Å². The molecule has 14 nitrogen and oxygen atoms in total. The lowest BCUT2D eigenvalue weighted by Crippen LogP contribution is -2.51. The molecule has 0 aliphatic carbocycles. The Bertz CT molecular complexity index is 1690. The predicted molar refractivity (Wildman–Crippen MR) is 179 cm³/mol. The Morgan fingerprint density at radius 1 is 0.735 bits per heavy atom. The first-order valence-electron chi connectivity index (χ1n) is 16.1. The molecule has 8 N–H and O–H groups in total. The van der Waals surface area contributed by atoms with Crippen molar-refractivity contribution in [1.29, 1.82) is 0 Å². The van der Waals surface area contributed by atoms with Crippen molar-refractivity contribution < 1.29 is 44.1 Å². The summed E-state index contributed by atoms with van der Waals surface area (Å²) in [5, 5.41) is 42.9. The lowest BCUT2D eigenvalue weighted by atomic mass is 9.97. The van der Waals surface area contributed by atoms with Gasteiger partial charge in [0.2, 0.25) is 5.91 Å². The van der Waals surface area contributed by atoms with E-state index in [9.17, 15) is 39.0 Å². The van der Waals surface area contributed by atoms with Crippen LogP contribution in [0.2, 0.25) is 0 Å². The topological polar surface area (TPSA) is 223 Å². The van der Waals surface area contributed by atoms with Gasteiger partial charge >= 0.3 is 23.9 Å². The summed E-state index contributed by atoms with van der Waals surface area (Å²) in [5.41, 5.74) is 3.55. The first kappa shape index (κ1) is 36.3. The first-order valence-corrected chi connectivity index (χ1v) is 16.1. The molecule has 49 heavy (non-hydrogen) atoms. The van der Waals surface area contributed by atoms with Gasteiger partial charge in [-0.2, -0.15) is 0 Å². The molecule has 0 saturated carbocycles. The number of carbonyl (C=O) groups excluding carboxylic acids is 3. The van der Waals surface area contributed by atoms with Crippen LogP contribution in [-0.4, -0.2) is 82.3 Å². The quantitative estimate of drug-likeness (QED) is 0.0974. The molecule has 0 aromatic heterocycles. The number of benzene rings is 3. The summed E-state index contributed by atoms with van der Waals surface area (Å²) in [4.78, 5) is 72.9. The summed E-state index contributed by atoms with van der Waals surface area (Å²) in [6.07, 6.45) is 0.788. The molecule has 3 aromatic rings. The third-order valence-electron chi connectivity index (χ3n) is 8.30. The van der Waals surface area contributed by atoms with Gasteiger partial charge in [0.15, 0.2) is 0 Å². The van der Waals surface area contributed by atoms with Crippen LogP contribution in [0, 0.1) is 0 Å². The monoisotopic (exact) mass is 675 g/mol. The van der Waals surface area contributed by atoms with E-state index in [1.807, 2.05) is 54.6 Å². The number of nitrogens with one attached hydrogen (secondary N) is 5. The normalized spacial score (nSPS) is 14.0. The van der Waals surface area contributed by atoms with Crippen LogP contribution in [0.15, 0.2) is 60.7 Å². The molecule has 1 aliphatic heterocycles. The van der Waals surface area contributed by atoms with E-state index in [-0.39, 0.29) is 38.1 Å². The van der Waals surface area contributed by atoms with Crippen molar-refractivity contribution in [2.75, 3.05) is 13.1 Å². The number of carbonyl (C=O) groups is 6. The maximum Gasteiger partial charge on any atom is 0.326 e. The average molecular weight is 676 g/mol. The van der Waals surface area contributed by atoms with Crippen molar-refractivity contribution in [3.8, 4) is 0 Å². The fraction of sp³-hybridized carbons (Fsp3) is 0.371. The number of amides is 4. The van der Waals surface area contributed by atoms with Gasteiger partial charge in [0, 0.05) is 31.5 Å². The Labute approximate surface area is 282 Å². The molecule has 1 aliphatic rings. The second-order valence-electron chi connectivity index (χ2n) is 11.9. The lowest BCUT2D eigenvalue weighted by Gasteiger charge is -2.21. The molecule has 0 saturated heterocycles. The summed E-state index contributed by atoms with van der Waals surface area (Å²) in [6.45, 7) is 1.73. The van der Waals surface area contributed by atoms with E-state index in [0.717, 1.165) is 47.0 Å². The second-order valence-corrected chi connectivity index (χ2v) is 11.9. The highest BCUT2D eigenvalue weighted by atomic mass is 16.4. The Hall–Kier alpha value is -5.50. The standard InChI is InChI=1S/C35H41N5O9/c41-30(42)13-12-28(34(47)48)40-35(49)39-27(33(45)46)7-3-4-15-37-32(44)29(18-21-8-9-22-5-1-2-6-23(22)17-21)38-31(43)25-10-11-26-20-36-16-14-24(26)19-25/h1-2,5-6,8-11,17,19,27-29,36H,3-4,7,12-16,18,20H2,(H,37,44)(H,38,43)(H,41,42)(H,45,46)(H,47,48)(H2,39,40,49)/t27-,28-,29-/m0/s1. The highest BCUT2D eigenvalue weighted by Crippen LogP contribution is 2.19. The molecule has 260 valence electrons. The molecular weight excluding hydrogens is 634 g/mol. The number of hydrogen-bond donors (Lipinski definition) is 8. The van der Waals surface area contributed by atoms with Gasteiger partial charge in [-0.1, -0.05) is 48.5 Å². The minimum atomic E-state index is -1.51. The zero-order valence-electron chi connectivity index (χ0n) is 26.9. The van der Waals surface area contributed by atoms with Crippen LogP contribution in [0.1, 0.15) is 59.2 Å². The van der Waals surface area contributed by atoms with Crippen molar-refractivity contribution in [3.63, 3.8) is 0 Å².